The van der Waals surface area contributed by atoms with Gasteiger partial charge in [-0.1, -0.05) is 6.07 Å². The highest BCUT2D eigenvalue weighted by Crippen LogP contribution is 2.38. The second kappa shape index (κ2) is 8.97. The molecule has 170 valence electrons. The van der Waals surface area contributed by atoms with Crippen LogP contribution in [0.4, 0.5) is 30.2 Å². The second-order valence-corrected chi connectivity index (χ2v) is 9.02. The molecule has 0 aliphatic rings. The Balaban J connectivity index is 2.22. The monoisotopic (exact) mass is 469 g/mol. The molecule has 2 aromatic rings. The van der Waals surface area contributed by atoms with Crippen LogP contribution in [0.2, 0.25) is 0 Å². The first-order valence-corrected chi connectivity index (χ1v) is 10.5. The summed E-state index contributed by atoms with van der Waals surface area (Å²) in [5.74, 6) is -2.67. The summed E-state index contributed by atoms with van der Waals surface area (Å²) in [6.07, 6.45) is -4.85. The number of nitrogens with zero attached hydrogens (tertiary/aromatic N) is 1. The maximum atomic E-state index is 13.1. The van der Waals surface area contributed by atoms with Crippen LogP contribution in [-0.2, 0) is 25.6 Å². The highest BCUT2D eigenvalue weighted by molar-refractivity contribution is 7.91. The van der Waals surface area contributed by atoms with Crippen molar-refractivity contribution in [2.24, 2.45) is 0 Å². The van der Waals surface area contributed by atoms with E-state index in [1.807, 2.05) is 5.32 Å². The molecule has 0 fully saturated rings. The van der Waals surface area contributed by atoms with Gasteiger partial charge in [0.15, 0.2) is 21.1 Å². The van der Waals surface area contributed by atoms with E-state index in [9.17, 15) is 36.3 Å². The van der Waals surface area contributed by atoms with E-state index in [2.05, 4.69) is 10.2 Å². The predicted molar refractivity (Wildman–Crippen MR) is 110 cm³/mol. The summed E-state index contributed by atoms with van der Waals surface area (Å²) in [5, 5.41) is 14.9. The first-order valence-electron chi connectivity index (χ1n) is 8.89. The molecular weight excluding hydrogens is 451 g/mol. The lowest BCUT2D eigenvalue weighted by Gasteiger charge is -2.22. The van der Waals surface area contributed by atoms with Gasteiger partial charge < -0.3 is 15.7 Å². The molecule has 0 bridgehead atoms. The van der Waals surface area contributed by atoms with Crippen LogP contribution in [0.25, 0.3) is 4.85 Å². The largest absolute Gasteiger partial charge is 0.407 e. The van der Waals surface area contributed by atoms with Gasteiger partial charge in [0.1, 0.15) is 0 Å². The van der Waals surface area contributed by atoms with Crippen molar-refractivity contribution in [2.75, 3.05) is 16.4 Å². The maximum absolute atomic E-state index is 13.1. The molecule has 2 amide bonds. The Kier molecular flexibility index (Phi) is 6.97. The van der Waals surface area contributed by atoms with Gasteiger partial charge in [-0.2, -0.15) is 13.2 Å². The third-order valence-electron chi connectivity index (χ3n) is 4.17. The lowest BCUT2D eigenvalue weighted by molar-refractivity contribution is -0.137. The fourth-order valence-electron chi connectivity index (χ4n) is 2.67. The molecule has 3 N–H and O–H groups in total. The third kappa shape index (κ3) is 6.05. The fourth-order valence-corrected chi connectivity index (χ4v) is 4.26. The van der Waals surface area contributed by atoms with Crippen LogP contribution in [-0.4, -0.2) is 36.7 Å². The van der Waals surface area contributed by atoms with E-state index in [1.54, 1.807) is 0 Å². The molecule has 0 spiro atoms. The molecule has 0 heterocycles. The van der Waals surface area contributed by atoms with Crippen molar-refractivity contribution in [3.8, 4) is 0 Å². The minimum absolute atomic E-state index is 0.236. The van der Waals surface area contributed by atoms with E-state index < -0.39 is 44.5 Å². The molecule has 0 saturated carbocycles. The van der Waals surface area contributed by atoms with Gasteiger partial charge in [-0.05, 0) is 43.3 Å². The maximum Gasteiger partial charge on any atom is 0.407 e. The van der Waals surface area contributed by atoms with Crippen molar-refractivity contribution in [1.29, 1.82) is 0 Å². The second-order valence-electron chi connectivity index (χ2n) is 7.03. The third-order valence-corrected chi connectivity index (χ3v) is 6.11. The average molecular weight is 469 g/mol. The van der Waals surface area contributed by atoms with Gasteiger partial charge in [0.05, 0.1) is 22.8 Å². The molecule has 1 unspecified atom stereocenters. The van der Waals surface area contributed by atoms with E-state index in [0.717, 1.165) is 19.1 Å². The van der Waals surface area contributed by atoms with Gasteiger partial charge in [-0.15, -0.1) is 0 Å². The van der Waals surface area contributed by atoms with Crippen LogP contribution in [0.1, 0.15) is 19.4 Å². The number of alkyl halides is 3. The Labute approximate surface area is 181 Å². The van der Waals surface area contributed by atoms with Gasteiger partial charge in [0.25, 0.3) is 5.91 Å². The Hall–Kier alpha value is -3.43. The van der Waals surface area contributed by atoms with Crippen LogP contribution < -0.4 is 10.6 Å². The van der Waals surface area contributed by atoms with Gasteiger partial charge in [0.2, 0.25) is 5.91 Å². The Morgan fingerprint density at radius 3 is 2.12 bits per heavy atom. The standard InChI is InChI=1S/C20H18F3N3O5S/c1-12(27)25-13-4-7-15(8-5-13)32(30,31)11-19(2,29)18(28)26-14-6-9-17(24-3)16(10-14)20(21,22)23/h4-10,29H,11H2,1-2H3,(H,25,27)(H,26,28). The molecular formula is C20H18F3N3O5S. The van der Waals surface area contributed by atoms with Gasteiger partial charge >= 0.3 is 6.18 Å². The number of anilines is 2. The summed E-state index contributed by atoms with van der Waals surface area (Å²) < 4.78 is 64.5. The van der Waals surface area contributed by atoms with Crippen molar-refractivity contribution in [2.45, 2.75) is 30.5 Å². The van der Waals surface area contributed by atoms with Crippen molar-refractivity contribution in [1.82, 2.24) is 0 Å². The summed E-state index contributed by atoms with van der Waals surface area (Å²) >= 11 is 0. The topological polar surface area (TPSA) is 117 Å². The van der Waals surface area contributed by atoms with E-state index in [4.69, 9.17) is 6.57 Å². The van der Waals surface area contributed by atoms with E-state index in [0.29, 0.717) is 11.8 Å². The van der Waals surface area contributed by atoms with Crippen molar-refractivity contribution >= 4 is 38.7 Å². The molecule has 12 heteroatoms. The number of hydrogen-bond donors (Lipinski definition) is 3. The Bertz CT molecular complexity index is 1180. The van der Waals surface area contributed by atoms with Gasteiger partial charge in [-0.3, -0.25) is 9.59 Å². The number of nitrogens with one attached hydrogen (secondary N) is 2. The van der Waals surface area contributed by atoms with Crippen LogP contribution in [0, 0.1) is 6.57 Å². The number of halogens is 3. The lowest BCUT2D eigenvalue weighted by atomic mass is 10.1. The molecule has 0 saturated heterocycles. The Morgan fingerprint density at radius 1 is 1.06 bits per heavy atom. The normalized spacial score (nSPS) is 13.5. The molecule has 0 radical (unpaired) electrons. The number of rotatable bonds is 6. The van der Waals surface area contributed by atoms with Crippen molar-refractivity contribution in [3.05, 3.63) is 59.4 Å². The van der Waals surface area contributed by atoms with Crippen LogP contribution in [0.15, 0.2) is 47.4 Å². The minimum Gasteiger partial charge on any atom is -0.379 e. The van der Waals surface area contributed by atoms with Crippen LogP contribution >= 0.6 is 0 Å². The van der Waals surface area contributed by atoms with Crippen LogP contribution in [0.3, 0.4) is 0 Å². The first kappa shape index (κ1) is 24.8. The molecule has 0 aromatic heterocycles. The van der Waals surface area contributed by atoms with Crippen LogP contribution in [0.5, 0.6) is 0 Å². The van der Waals surface area contributed by atoms with Crippen molar-refractivity contribution in [3.63, 3.8) is 0 Å². The highest BCUT2D eigenvalue weighted by atomic mass is 32.2. The number of aliphatic hydroxyl groups is 1. The molecule has 2 rings (SSSR count). The number of carbonyl (C=O) groups is 2. The molecule has 8 nitrogen and oxygen atoms in total. The zero-order valence-corrected chi connectivity index (χ0v) is 17.6. The van der Waals surface area contributed by atoms with Gasteiger partial charge in [-0.25, -0.2) is 13.3 Å². The zero-order chi connectivity index (χ0) is 24.3. The zero-order valence-electron chi connectivity index (χ0n) is 16.8. The first-order chi connectivity index (χ1) is 14.7. The summed E-state index contributed by atoms with van der Waals surface area (Å²) in [7, 11) is -4.19. The smallest absolute Gasteiger partial charge is 0.379 e. The minimum atomic E-state index is -4.85. The summed E-state index contributed by atoms with van der Waals surface area (Å²) in [4.78, 5) is 26.0. The highest BCUT2D eigenvalue weighted by Gasteiger charge is 2.38. The summed E-state index contributed by atoms with van der Waals surface area (Å²) in [6, 6.07) is 7.40. The van der Waals surface area contributed by atoms with E-state index >= 15 is 0 Å². The molecule has 0 aliphatic carbocycles. The fraction of sp³-hybridized carbons (Fsp3) is 0.250. The molecule has 32 heavy (non-hydrogen) atoms. The van der Waals surface area contributed by atoms with Gasteiger partial charge in [0, 0.05) is 18.3 Å². The number of amides is 2. The summed E-state index contributed by atoms with van der Waals surface area (Å²) in [6.45, 7) is 8.99. The van der Waals surface area contributed by atoms with Crippen molar-refractivity contribution < 1.29 is 36.3 Å². The SMILES string of the molecule is [C-]#[N+]c1ccc(NC(=O)C(C)(O)CS(=O)(=O)c2ccc(NC(C)=O)cc2)cc1C(F)(F)F. The van der Waals surface area contributed by atoms with E-state index in [1.165, 1.54) is 31.2 Å². The predicted octanol–water partition coefficient (Wildman–Crippen LogP) is 3.38. The lowest BCUT2D eigenvalue weighted by Crippen LogP contribution is -2.45. The van der Waals surface area contributed by atoms with E-state index in [-0.39, 0.29) is 16.5 Å². The number of hydrogen-bond acceptors (Lipinski definition) is 5. The average Bonchev–Trinajstić information content (AvgIpc) is 2.66. The number of sulfone groups is 1. The Morgan fingerprint density at radius 2 is 1.62 bits per heavy atom. The summed E-state index contributed by atoms with van der Waals surface area (Å²) in [5.41, 5.74) is -4.48. The molecule has 2 aromatic carbocycles. The molecule has 1 atom stereocenters. The molecule has 0 aliphatic heterocycles. The number of carbonyl (C=O) groups excluding carboxylic acids is 2. The quantitative estimate of drug-likeness (QED) is 0.561. The number of benzene rings is 2.